The summed E-state index contributed by atoms with van der Waals surface area (Å²) in [5, 5.41) is 0.0878. The molecule has 0 unspecified atom stereocenters. The third-order valence-electron chi connectivity index (χ3n) is 1.58. The number of nitrogens with two attached hydrogens (primary N) is 1. The van der Waals surface area contributed by atoms with Gasteiger partial charge in [-0.2, -0.15) is 0 Å². The highest BCUT2D eigenvalue weighted by Crippen LogP contribution is 2.19. The Hall–Kier alpha value is -0.860. The van der Waals surface area contributed by atoms with Crippen molar-refractivity contribution in [1.29, 1.82) is 0 Å². The van der Waals surface area contributed by atoms with Gasteiger partial charge in [-0.3, -0.25) is 0 Å². The van der Waals surface area contributed by atoms with Crippen molar-refractivity contribution in [2.24, 2.45) is 5.73 Å². The summed E-state index contributed by atoms with van der Waals surface area (Å²) < 4.78 is 12.7. The predicted octanol–water partition coefficient (Wildman–Crippen LogP) is 2.66. The maximum absolute atomic E-state index is 12.7. The van der Waals surface area contributed by atoms with Gasteiger partial charge in [0, 0.05) is 6.04 Å². The van der Waals surface area contributed by atoms with E-state index in [0.29, 0.717) is 0 Å². The van der Waals surface area contributed by atoms with Gasteiger partial charge in [-0.1, -0.05) is 23.7 Å². The molecule has 0 saturated carbocycles. The molecule has 1 nitrogen and oxygen atoms in total. The van der Waals surface area contributed by atoms with Gasteiger partial charge in [0.25, 0.3) is 0 Å². The summed E-state index contributed by atoms with van der Waals surface area (Å²) in [6.07, 6.45) is 1.57. The lowest BCUT2D eigenvalue weighted by atomic mass is 10.1. The number of halogens is 2. The van der Waals surface area contributed by atoms with E-state index in [-0.39, 0.29) is 11.1 Å². The van der Waals surface area contributed by atoms with Crippen LogP contribution in [0, 0.1) is 5.82 Å². The van der Waals surface area contributed by atoms with E-state index in [4.69, 9.17) is 17.3 Å². The van der Waals surface area contributed by atoms with Crippen LogP contribution in [0.5, 0.6) is 0 Å². The molecule has 0 heterocycles. The minimum absolute atomic E-state index is 0.0878. The minimum Gasteiger partial charge on any atom is -0.321 e. The molecule has 0 radical (unpaired) electrons. The van der Waals surface area contributed by atoms with Crippen LogP contribution in [-0.4, -0.2) is 0 Å². The van der Waals surface area contributed by atoms with Crippen molar-refractivity contribution in [2.75, 3.05) is 0 Å². The van der Waals surface area contributed by atoms with Gasteiger partial charge in [0.05, 0.1) is 5.02 Å². The zero-order valence-corrected chi connectivity index (χ0v) is 7.18. The molecule has 3 heteroatoms. The lowest BCUT2D eigenvalue weighted by Crippen LogP contribution is -2.06. The Morgan fingerprint density at radius 3 is 2.75 bits per heavy atom. The molecule has 0 fully saturated rings. The first-order chi connectivity index (χ1) is 5.65. The first-order valence-corrected chi connectivity index (χ1v) is 3.86. The number of hydrogen-bond acceptors (Lipinski definition) is 1. The normalized spacial score (nSPS) is 12.6. The quantitative estimate of drug-likeness (QED) is 0.705. The number of hydrogen-bond donors (Lipinski definition) is 1. The van der Waals surface area contributed by atoms with Crippen LogP contribution in [0.3, 0.4) is 0 Å². The lowest BCUT2D eigenvalue weighted by Gasteiger charge is -2.06. The van der Waals surface area contributed by atoms with Crippen LogP contribution in [0.15, 0.2) is 30.9 Å². The average Bonchev–Trinajstić information content (AvgIpc) is 2.08. The van der Waals surface area contributed by atoms with Gasteiger partial charge < -0.3 is 5.73 Å². The van der Waals surface area contributed by atoms with Gasteiger partial charge in [-0.15, -0.1) is 6.58 Å². The molecular formula is C9H9ClFN. The molecule has 1 aromatic rings. The monoisotopic (exact) mass is 185 g/mol. The van der Waals surface area contributed by atoms with Crippen molar-refractivity contribution in [3.8, 4) is 0 Å². The van der Waals surface area contributed by atoms with Crippen molar-refractivity contribution in [3.05, 3.63) is 47.3 Å². The second-order valence-electron chi connectivity index (χ2n) is 2.44. The van der Waals surface area contributed by atoms with E-state index in [1.807, 2.05) is 0 Å². The number of rotatable bonds is 2. The van der Waals surface area contributed by atoms with Crippen molar-refractivity contribution in [2.45, 2.75) is 6.04 Å². The summed E-state index contributed by atoms with van der Waals surface area (Å²) in [7, 11) is 0. The molecule has 1 aromatic carbocycles. The van der Waals surface area contributed by atoms with Gasteiger partial charge in [0.1, 0.15) is 5.82 Å². The second-order valence-corrected chi connectivity index (χ2v) is 2.84. The maximum atomic E-state index is 12.7. The highest BCUT2D eigenvalue weighted by atomic mass is 35.5. The zero-order chi connectivity index (χ0) is 9.14. The minimum atomic E-state index is -0.434. The van der Waals surface area contributed by atoms with E-state index in [2.05, 4.69) is 6.58 Å². The fraction of sp³-hybridized carbons (Fsp3) is 0.111. The van der Waals surface area contributed by atoms with Crippen molar-refractivity contribution in [3.63, 3.8) is 0 Å². The lowest BCUT2D eigenvalue weighted by molar-refractivity contribution is 0.627. The molecule has 12 heavy (non-hydrogen) atoms. The number of benzene rings is 1. The van der Waals surface area contributed by atoms with E-state index in [1.165, 1.54) is 12.1 Å². The summed E-state index contributed by atoms with van der Waals surface area (Å²) in [6, 6.07) is 4.10. The Labute approximate surface area is 75.6 Å². The Balaban J connectivity index is 3.04. The van der Waals surface area contributed by atoms with Crippen LogP contribution in [0.1, 0.15) is 11.6 Å². The Kier molecular flexibility index (Phi) is 2.84. The maximum Gasteiger partial charge on any atom is 0.141 e. The van der Waals surface area contributed by atoms with Crippen LogP contribution < -0.4 is 5.73 Å². The molecule has 0 aromatic heterocycles. The van der Waals surface area contributed by atoms with E-state index < -0.39 is 5.82 Å². The molecular weight excluding hydrogens is 177 g/mol. The molecule has 0 aliphatic rings. The van der Waals surface area contributed by atoms with Crippen molar-refractivity contribution in [1.82, 2.24) is 0 Å². The summed E-state index contributed by atoms with van der Waals surface area (Å²) in [5.74, 6) is -0.434. The SMILES string of the molecule is C=C[C@H](N)c1ccc(F)c(Cl)c1. The smallest absolute Gasteiger partial charge is 0.141 e. The zero-order valence-electron chi connectivity index (χ0n) is 6.43. The third-order valence-corrected chi connectivity index (χ3v) is 1.87. The molecule has 2 N–H and O–H groups in total. The first-order valence-electron chi connectivity index (χ1n) is 3.48. The van der Waals surface area contributed by atoms with Crippen LogP contribution in [0.2, 0.25) is 5.02 Å². The Morgan fingerprint density at radius 1 is 1.58 bits per heavy atom. The first kappa shape index (κ1) is 9.23. The van der Waals surface area contributed by atoms with Gasteiger partial charge in [0.2, 0.25) is 0 Å². The summed E-state index contributed by atoms with van der Waals surface area (Å²) in [6.45, 7) is 3.53. The van der Waals surface area contributed by atoms with Crippen LogP contribution in [-0.2, 0) is 0 Å². The molecule has 1 rings (SSSR count). The van der Waals surface area contributed by atoms with Crippen LogP contribution in [0.25, 0.3) is 0 Å². The van der Waals surface area contributed by atoms with Crippen LogP contribution >= 0.6 is 11.6 Å². The van der Waals surface area contributed by atoms with Gasteiger partial charge in [-0.05, 0) is 17.7 Å². The summed E-state index contributed by atoms with van der Waals surface area (Å²) in [4.78, 5) is 0. The fourth-order valence-electron chi connectivity index (χ4n) is 0.856. The largest absolute Gasteiger partial charge is 0.321 e. The standard InChI is InChI=1S/C9H9ClFN/c1-2-9(12)6-3-4-8(11)7(10)5-6/h2-5,9H,1,12H2/t9-/m0/s1. The third kappa shape index (κ3) is 1.84. The Morgan fingerprint density at radius 2 is 2.25 bits per heavy atom. The molecule has 1 atom stereocenters. The average molecular weight is 186 g/mol. The summed E-state index contributed by atoms with van der Waals surface area (Å²) >= 11 is 5.55. The van der Waals surface area contributed by atoms with Crippen molar-refractivity contribution >= 4 is 11.6 Å². The van der Waals surface area contributed by atoms with Crippen molar-refractivity contribution < 1.29 is 4.39 Å². The molecule has 0 spiro atoms. The summed E-state index contributed by atoms with van der Waals surface area (Å²) in [5.41, 5.74) is 6.37. The topological polar surface area (TPSA) is 26.0 Å². The highest BCUT2D eigenvalue weighted by molar-refractivity contribution is 6.30. The fourth-order valence-corrected chi connectivity index (χ4v) is 1.04. The predicted molar refractivity (Wildman–Crippen MR) is 48.5 cm³/mol. The van der Waals surface area contributed by atoms with Gasteiger partial charge >= 0.3 is 0 Å². The molecule has 64 valence electrons. The second kappa shape index (κ2) is 3.70. The van der Waals surface area contributed by atoms with E-state index in [0.717, 1.165) is 5.56 Å². The van der Waals surface area contributed by atoms with E-state index in [9.17, 15) is 4.39 Å². The van der Waals surface area contributed by atoms with Gasteiger partial charge in [0.15, 0.2) is 0 Å². The molecule has 0 aliphatic carbocycles. The Bertz CT molecular complexity index is 299. The van der Waals surface area contributed by atoms with E-state index in [1.54, 1.807) is 12.1 Å². The van der Waals surface area contributed by atoms with Crippen LogP contribution in [0.4, 0.5) is 4.39 Å². The highest BCUT2D eigenvalue weighted by Gasteiger charge is 2.04. The molecule has 0 saturated heterocycles. The molecule has 0 bridgehead atoms. The molecule has 0 amide bonds. The van der Waals surface area contributed by atoms with E-state index >= 15 is 0 Å². The van der Waals surface area contributed by atoms with Gasteiger partial charge in [-0.25, -0.2) is 4.39 Å². The molecule has 0 aliphatic heterocycles.